The van der Waals surface area contributed by atoms with Crippen molar-refractivity contribution in [1.29, 1.82) is 0 Å². The first-order chi connectivity index (χ1) is 38.0. The third-order valence-electron chi connectivity index (χ3n) is 20.2. The molecule has 2 amide bonds. The van der Waals surface area contributed by atoms with Crippen LogP contribution in [0.2, 0.25) is 0 Å². The van der Waals surface area contributed by atoms with Crippen molar-refractivity contribution in [1.82, 2.24) is 24.6 Å². The second kappa shape index (κ2) is 20.9. The molecule has 1 saturated carbocycles. The topological polar surface area (TPSA) is 215 Å². The highest BCUT2D eigenvalue weighted by molar-refractivity contribution is 5.95. The van der Waals surface area contributed by atoms with Crippen LogP contribution in [0.5, 0.6) is 0 Å². The van der Waals surface area contributed by atoms with Crippen LogP contribution in [0.3, 0.4) is 0 Å². The summed E-state index contributed by atoms with van der Waals surface area (Å²) in [5.74, 6) is -2.90. The molecule has 426 valence electrons. The lowest BCUT2D eigenvalue weighted by Gasteiger charge is -2.64. The molecule has 11 rings (SSSR count). The maximum atomic E-state index is 15.6. The molecule has 4 N–H and O–H groups in total. The number of para-hydroxylation sites is 1. The van der Waals surface area contributed by atoms with E-state index in [4.69, 9.17) is 18.9 Å². The fourth-order valence-electron chi connectivity index (χ4n) is 16.8. The fraction of sp³-hybridized carbons (Fsp3) is 0.623. The number of anilines is 1. The third-order valence-corrected chi connectivity index (χ3v) is 20.2. The van der Waals surface area contributed by atoms with Gasteiger partial charge in [-0.1, -0.05) is 56.7 Å². The Morgan fingerprint density at radius 2 is 1.67 bits per heavy atom. The van der Waals surface area contributed by atoms with Gasteiger partial charge in [0.05, 0.1) is 32.5 Å². The number of nitrogens with one attached hydrogen (secondary N) is 1. The summed E-state index contributed by atoms with van der Waals surface area (Å²) in [7, 11) is 5.93. The van der Waals surface area contributed by atoms with E-state index in [1.807, 2.05) is 74.4 Å². The number of aliphatic hydroxyl groups excluding tert-OH is 1. The van der Waals surface area contributed by atoms with Crippen LogP contribution in [0.15, 0.2) is 60.8 Å². The summed E-state index contributed by atoms with van der Waals surface area (Å²) in [5.41, 5.74) is -2.36. The first-order valence-electron chi connectivity index (χ1n) is 28.9. The van der Waals surface area contributed by atoms with Gasteiger partial charge in [-0.25, -0.2) is 14.4 Å². The van der Waals surface area contributed by atoms with Gasteiger partial charge in [-0.05, 0) is 136 Å². The van der Waals surface area contributed by atoms with Crippen molar-refractivity contribution in [3.8, 4) is 0 Å². The van der Waals surface area contributed by atoms with Crippen molar-refractivity contribution in [2.24, 2.45) is 11.3 Å². The Balaban J connectivity index is 1.02. The zero-order valence-corrected chi connectivity index (χ0v) is 46.8. The molecule has 12 atom stereocenters. The summed E-state index contributed by atoms with van der Waals surface area (Å²) in [4.78, 5) is 86.2. The molecule has 7 unspecified atom stereocenters. The number of nitrogens with zero attached hydrogens (tertiary/aromatic N) is 5. The molecule has 8 aliphatic rings. The first kappa shape index (κ1) is 55.0. The lowest BCUT2D eigenvalue weighted by molar-refractivity contribution is -0.238. The molecule has 3 saturated heterocycles. The van der Waals surface area contributed by atoms with E-state index in [0.29, 0.717) is 100 Å². The molecule has 4 fully saturated rings. The highest BCUT2D eigenvalue weighted by Crippen LogP contribution is 2.69. The van der Waals surface area contributed by atoms with Crippen LogP contribution in [-0.4, -0.2) is 179 Å². The number of methoxy groups -OCH3 is 2. The van der Waals surface area contributed by atoms with E-state index in [2.05, 4.69) is 27.1 Å². The van der Waals surface area contributed by atoms with E-state index in [9.17, 15) is 24.9 Å². The summed E-state index contributed by atoms with van der Waals surface area (Å²) in [5, 5.41) is 38.9. The van der Waals surface area contributed by atoms with Crippen molar-refractivity contribution in [3.63, 3.8) is 0 Å². The molecular weight excluding hydrogens is 1010 g/mol. The number of likely N-dealkylation sites (N-methyl/N-ethyl adjacent to an activating group) is 2. The molecular formula is C61H80N6O12. The number of piperidine rings is 1. The molecule has 3 aromatic rings. The van der Waals surface area contributed by atoms with Gasteiger partial charge in [0.25, 0.3) is 0 Å². The van der Waals surface area contributed by atoms with Gasteiger partial charge < -0.3 is 58.9 Å². The molecule has 2 bridgehead atoms. The van der Waals surface area contributed by atoms with Crippen LogP contribution < -0.4 is 4.90 Å². The molecule has 79 heavy (non-hydrogen) atoms. The number of H-pyrrole nitrogens is 1. The van der Waals surface area contributed by atoms with E-state index >= 15 is 14.4 Å². The summed E-state index contributed by atoms with van der Waals surface area (Å²) in [6, 6.07) is 9.29. The number of hydrogen-bond acceptors (Lipinski definition) is 15. The van der Waals surface area contributed by atoms with Crippen molar-refractivity contribution < 1.29 is 58.2 Å². The average Bonchev–Trinajstić information content (AvgIpc) is 2.61. The lowest BCUT2D eigenvalue weighted by Crippen LogP contribution is -2.81. The Kier molecular flexibility index (Phi) is 14.5. The van der Waals surface area contributed by atoms with E-state index in [1.54, 1.807) is 0 Å². The van der Waals surface area contributed by atoms with Crippen molar-refractivity contribution in [2.45, 2.75) is 163 Å². The molecule has 6 aliphatic heterocycles. The standard InChI is InChI=1S/C61H80N6O12/c1-7-57(74)32-38-33-60(54(71)76-5,49-42(23-28-65(34-38)37-57)41-20-14-15-21-45(41)62-49)43-31-44-47(30-39(43)36-68)64(4)52-59(44)25-29-66-26-17-24-58(8-2,51(59)66)53(61(52,75)55(72)77-6)79-50(70)46-22-16-27-67(46)48(69)35-63(3)56(73)78-40-18-12-10-9-11-13-19-40/h12,14-15,17-18,20-21,26,30-31,38,40,46,51-53,62,68,74-75H,7-11,13,16,19,22-25,27-29,32-37H2,1-6H3/b18-12+/t38-,40?,46?,51?,52?,53+,57-,58+,59?,60-,61?/m0/s1. The smallest absolute Gasteiger partial charge is 0.410 e. The number of carbonyl (C=O) groups is 5. The Labute approximate surface area is 463 Å². The van der Waals surface area contributed by atoms with Gasteiger partial charge in [-0.15, -0.1) is 0 Å². The SMILES string of the molecule is CC[C@]1(O)C[C@@H]2CN(CCc3c([nH]c4ccccc34)[C@@](C(=O)OC)(c3cc4c(cc3CO)N(C)C3C45CCN4C=CC[C@](CC)(C45)[C@@H](OC(=O)C4CCCN4C(=O)CN(C)C(=O)OC4/C=C/CCCCC4)C3(O)C(=O)OC)C2)C1. The van der Waals surface area contributed by atoms with Gasteiger partial charge in [-0.3, -0.25) is 14.5 Å². The third kappa shape index (κ3) is 8.49. The number of aliphatic hydroxyl groups is 3. The maximum Gasteiger partial charge on any atom is 0.410 e. The Morgan fingerprint density at radius 1 is 0.873 bits per heavy atom. The summed E-state index contributed by atoms with van der Waals surface area (Å²) < 4.78 is 24.2. The van der Waals surface area contributed by atoms with E-state index in [-0.39, 0.29) is 31.8 Å². The number of ether oxygens (including phenoxy) is 4. The molecule has 7 heterocycles. The number of aromatic nitrogens is 1. The van der Waals surface area contributed by atoms with Gasteiger partial charge in [0.1, 0.15) is 24.1 Å². The van der Waals surface area contributed by atoms with Crippen LogP contribution in [0.4, 0.5) is 10.5 Å². The number of fused-ring (bicyclic) bond motifs is 6. The first-order valence-corrected chi connectivity index (χ1v) is 28.9. The lowest BCUT2D eigenvalue weighted by atomic mass is 9.47. The molecule has 18 nitrogen and oxygen atoms in total. The molecule has 18 heteroatoms. The summed E-state index contributed by atoms with van der Waals surface area (Å²) in [6.07, 6.45) is 13.8. The number of amides is 2. The van der Waals surface area contributed by atoms with Gasteiger partial charge in [0.15, 0.2) is 6.10 Å². The highest BCUT2D eigenvalue weighted by atomic mass is 16.6. The predicted molar refractivity (Wildman–Crippen MR) is 294 cm³/mol. The molecule has 2 aliphatic carbocycles. The number of rotatable bonds is 11. The van der Waals surface area contributed by atoms with E-state index < -0.39 is 94.3 Å². The number of hydrogen-bond donors (Lipinski definition) is 4. The minimum atomic E-state index is -2.52. The normalized spacial score (nSPS) is 34.8. The van der Waals surface area contributed by atoms with Crippen LogP contribution >= 0.6 is 0 Å². The van der Waals surface area contributed by atoms with Crippen LogP contribution in [-0.2, 0) is 62.0 Å². The number of esters is 3. The van der Waals surface area contributed by atoms with Crippen LogP contribution in [0, 0.1) is 11.3 Å². The minimum absolute atomic E-state index is 0.182. The number of benzene rings is 2. The zero-order valence-electron chi connectivity index (χ0n) is 46.8. The van der Waals surface area contributed by atoms with Gasteiger partial charge >= 0.3 is 24.0 Å². The van der Waals surface area contributed by atoms with Crippen molar-refractivity contribution >= 4 is 46.5 Å². The molecule has 1 aromatic heterocycles. The second-order valence-corrected chi connectivity index (χ2v) is 24.3. The van der Waals surface area contributed by atoms with Gasteiger partial charge in [-0.2, -0.15) is 0 Å². The number of carbonyl (C=O) groups excluding carboxylic acids is 5. The average molecular weight is 1090 g/mol. The van der Waals surface area contributed by atoms with Crippen LogP contribution in [0.1, 0.15) is 125 Å². The monoisotopic (exact) mass is 1090 g/mol. The fourth-order valence-corrected chi connectivity index (χ4v) is 16.8. The van der Waals surface area contributed by atoms with Gasteiger partial charge in [0, 0.05) is 86.0 Å². The predicted octanol–water partition coefficient (Wildman–Crippen LogP) is 5.75. The molecule has 1 spiro atoms. The van der Waals surface area contributed by atoms with Crippen LogP contribution in [0.25, 0.3) is 10.9 Å². The molecule has 2 aromatic carbocycles. The van der Waals surface area contributed by atoms with E-state index in [1.165, 1.54) is 31.1 Å². The summed E-state index contributed by atoms with van der Waals surface area (Å²) in [6.45, 7) is 5.74. The highest BCUT2D eigenvalue weighted by Gasteiger charge is 2.81. The second-order valence-electron chi connectivity index (χ2n) is 24.3. The minimum Gasteiger partial charge on any atom is -0.468 e. The van der Waals surface area contributed by atoms with Crippen molar-refractivity contribution in [3.05, 3.63) is 88.8 Å². The number of allylic oxidation sites excluding steroid dienone is 2. The number of likely N-dealkylation sites (tertiary alicyclic amines) is 1. The maximum absolute atomic E-state index is 15.6. The van der Waals surface area contributed by atoms with E-state index in [0.717, 1.165) is 47.7 Å². The number of aromatic amines is 1. The Morgan fingerprint density at radius 3 is 2.43 bits per heavy atom. The largest absolute Gasteiger partial charge is 0.468 e. The summed E-state index contributed by atoms with van der Waals surface area (Å²) >= 11 is 0. The van der Waals surface area contributed by atoms with Gasteiger partial charge in [0.2, 0.25) is 11.5 Å². The quantitative estimate of drug-likeness (QED) is 0.102. The zero-order chi connectivity index (χ0) is 55.8. The van der Waals surface area contributed by atoms with Crippen molar-refractivity contribution in [2.75, 3.05) is 72.5 Å². The Bertz CT molecular complexity index is 2960. The molecule has 0 radical (unpaired) electrons. The Hall–Kier alpha value is -5.95.